The Morgan fingerprint density at radius 1 is 1.75 bits per heavy atom. The third-order valence-corrected chi connectivity index (χ3v) is 2.26. The zero-order valence-corrected chi connectivity index (χ0v) is 7.32. The minimum absolute atomic E-state index is 0.208. The number of carbonyl (C=O) groups is 1. The van der Waals surface area contributed by atoms with E-state index in [1.807, 2.05) is 0 Å². The van der Waals surface area contributed by atoms with Crippen molar-refractivity contribution in [3.05, 3.63) is 0 Å². The van der Waals surface area contributed by atoms with Crippen LogP contribution in [0, 0.1) is 5.92 Å². The molecule has 0 bridgehead atoms. The van der Waals surface area contributed by atoms with Gasteiger partial charge in [-0.15, -0.1) is 0 Å². The minimum atomic E-state index is -0.254. The average molecular weight is 173 g/mol. The summed E-state index contributed by atoms with van der Waals surface area (Å²) in [4.78, 5) is 12.7. The summed E-state index contributed by atoms with van der Waals surface area (Å²) in [7, 11) is 1.39. The molecule has 0 aromatic rings. The van der Waals surface area contributed by atoms with Crippen molar-refractivity contribution in [1.29, 1.82) is 0 Å². The van der Waals surface area contributed by atoms with Gasteiger partial charge in [-0.2, -0.15) is 0 Å². The molecular weight excluding hydrogens is 158 g/mol. The molecule has 1 N–H and O–H groups in total. The molecule has 1 atom stereocenters. The molecule has 1 saturated heterocycles. The van der Waals surface area contributed by atoms with E-state index >= 15 is 0 Å². The van der Waals surface area contributed by atoms with Gasteiger partial charge < -0.3 is 14.7 Å². The van der Waals surface area contributed by atoms with Crippen LogP contribution in [0.25, 0.3) is 0 Å². The Morgan fingerprint density at radius 2 is 2.50 bits per heavy atom. The van der Waals surface area contributed by atoms with Crippen molar-refractivity contribution in [2.45, 2.75) is 12.8 Å². The zero-order valence-electron chi connectivity index (χ0n) is 7.32. The van der Waals surface area contributed by atoms with Gasteiger partial charge in [0.15, 0.2) is 0 Å². The number of nitrogens with zero attached hydrogens (tertiary/aromatic N) is 1. The summed E-state index contributed by atoms with van der Waals surface area (Å²) in [6.45, 7) is 1.70. The van der Waals surface area contributed by atoms with E-state index in [4.69, 9.17) is 5.11 Å². The molecule has 0 saturated carbocycles. The molecule has 4 heteroatoms. The van der Waals surface area contributed by atoms with Crippen molar-refractivity contribution in [3.8, 4) is 0 Å². The predicted octanol–water partition coefficient (Wildman–Crippen LogP) is 0.457. The highest BCUT2D eigenvalue weighted by atomic mass is 16.5. The van der Waals surface area contributed by atoms with Gasteiger partial charge in [0.05, 0.1) is 7.11 Å². The maximum atomic E-state index is 11.0. The molecule has 4 nitrogen and oxygen atoms in total. The third kappa shape index (κ3) is 2.11. The lowest BCUT2D eigenvalue weighted by Crippen LogP contribution is -2.28. The Morgan fingerprint density at radius 3 is 3.08 bits per heavy atom. The summed E-state index contributed by atoms with van der Waals surface area (Å²) in [5.74, 6) is 0.453. The number of aliphatic hydroxyl groups is 1. The van der Waals surface area contributed by atoms with Crippen LogP contribution in [0.1, 0.15) is 12.8 Å². The molecule has 1 rings (SSSR count). The van der Waals surface area contributed by atoms with E-state index in [0.717, 1.165) is 25.9 Å². The second-order valence-corrected chi connectivity index (χ2v) is 3.08. The van der Waals surface area contributed by atoms with Crippen molar-refractivity contribution >= 4 is 6.09 Å². The molecule has 0 aliphatic carbocycles. The van der Waals surface area contributed by atoms with E-state index in [2.05, 4.69) is 4.74 Å². The van der Waals surface area contributed by atoms with Crippen molar-refractivity contribution in [2.24, 2.45) is 5.92 Å². The SMILES string of the molecule is COC(=O)N1CCC(CCO)C1. The number of likely N-dealkylation sites (tertiary alicyclic amines) is 1. The van der Waals surface area contributed by atoms with E-state index < -0.39 is 0 Å². The first-order chi connectivity index (χ1) is 5.77. The topological polar surface area (TPSA) is 49.8 Å². The fourth-order valence-corrected chi connectivity index (χ4v) is 1.55. The summed E-state index contributed by atoms with van der Waals surface area (Å²) in [5, 5.41) is 8.67. The highest BCUT2D eigenvalue weighted by molar-refractivity contribution is 5.67. The van der Waals surface area contributed by atoms with E-state index in [9.17, 15) is 4.79 Å². The lowest BCUT2D eigenvalue weighted by molar-refractivity contribution is 0.130. The number of rotatable bonds is 2. The monoisotopic (exact) mass is 173 g/mol. The standard InChI is InChI=1S/C8H15NO3/c1-12-8(11)9-4-2-7(6-9)3-5-10/h7,10H,2-6H2,1H3. The lowest BCUT2D eigenvalue weighted by Gasteiger charge is -2.13. The predicted molar refractivity (Wildman–Crippen MR) is 43.8 cm³/mol. The van der Waals surface area contributed by atoms with Gasteiger partial charge in [-0.1, -0.05) is 0 Å². The van der Waals surface area contributed by atoms with Gasteiger partial charge >= 0.3 is 6.09 Å². The van der Waals surface area contributed by atoms with Crippen LogP contribution in [-0.2, 0) is 4.74 Å². The van der Waals surface area contributed by atoms with Crippen LogP contribution >= 0.6 is 0 Å². The van der Waals surface area contributed by atoms with Gasteiger partial charge in [0.25, 0.3) is 0 Å². The van der Waals surface area contributed by atoms with Crippen molar-refractivity contribution in [1.82, 2.24) is 4.90 Å². The van der Waals surface area contributed by atoms with E-state index in [1.54, 1.807) is 4.90 Å². The second kappa shape index (κ2) is 4.30. The number of hydrogen-bond donors (Lipinski definition) is 1. The maximum absolute atomic E-state index is 11.0. The summed E-state index contributed by atoms with van der Waals surface area (Å²) < 4.78 is 4.59. The van der Waals surface area contributed by atoms with Gasteiger partial charge in [0.1, 0.15) is 0 Å². The summed E-state index contributed by atoms with van der Waals surface area (Å²) >= 11 is 0. The Bertz CT molecular complexity index is 160. The molecular formula is C8H15NO3. The van der Waals surface area contributed by atoms with Crippen LogP contribution in [0.4, 0.5) is 4.79 Å². The van der Waals surface area contributed by atoms with Gasteiger partial charge in [0.2, 0.25) is 0 Å². The minimum Gasteiger partial charge on any atom is -0.453 e. The smallest absolute Gasteiger partial charge is 0.409 e. The molecule has 1 aliphatic rings. The van der Waals surface area contributed by atoms with Gasteiger partial charge in [0, 0.05) is 19.7 Å². The molecule has 1 heterocycles. The Labute approximate surface area is 72.1 Å². The van der Waals surface area contributed by atoms with Crippen molar-refractivity contribution in [2.75, 3.05) is 26.8 Å². The fourth-order valence-electron chi connectivity index (χ4n) is 1.55. The molecule has 1 unspecified atom stereocenters. The van der Waals surface area contributed by atoms with Crippen molar-refractivity contribution in [3.63, 3.8) is 0 Å². The highest BCUT2D eigenvalue weighted by Gasteiger charge is 2.25. The van der Waals surface area contributed by atoms with Crippen molar-refractivity contribution < 1.29 is 14.6 Å². The van der Waals surface area contributed by atoms with Crippen LogP contribution in [0.2, 0.25) is 0 Å². The van der Waals surface area contributed by atoms with Gasteiger partial charge in [-0.25, -0.2) is 4.79 Å². The molecule has 1 aliphatic heterocycles. The third-order valence-electron chi connectivity index (χ3n) is 2.26. The second-order valence-electron chi connectivity index (χ2n) is 3.08. The largest absolute Gasteiger partial charge is 0.453 e. The van der Waals surface area contributed by atoms with Gasteiger partial charge in [-0.3, -0.25) is 0 Å². The Hall–Kier alpha value is -0.770. The van der Waals surface area contributed by atoms with Crippen LogP contribution in [0.3, 0.4) is 0 Å². The number of amides is 1. The molecule has 1 amide bonds. The van der Waals surface area contributed by atoms with Crippen LogP contribution in [0.5, 0.6) is 0 Å². The molecule has 12 heavy (non-hydrogen) atoms. The quantitative estimate of drug-likeness (QED) is 0.660. The zero-order chi connectivity index (χ0) is 8.97. The Kier molecular flexibility index (Phi) is 3.34. The highest BCUT2D eigenvalue weighted by Crippen LogP contribution is 2.19. The number of hydrogen-bond acceptors (Lipinski definition) is 3. The van der Waals surface area contributed by atoms with E-state index in [-0.39, 0.29) is 12.7 Å². The van der Waals surface area contributed by atoms with Crippen LogP contribution < -0.4 is 0 Å². The average Bonchev–Trinajstić information content (AvgIpc) is 2.52. The molecule has 70 valence electrons. The molecule has 0 radical (unpaired) electrons. The fraction of sp³-hybridized carbons (Fsp3) is 0.875. The number of carbonyl (C=O) groups excluding carboxylic acids is 1. The number of methoxy groups -OCH3 is 1. The molecule has 0 spiro atoms. The summed E-state index contributed by atoms with van der Waals surface area (Å²) in [6.07, 6.45) is 1.51. The number of ether oxygens (including phenoxy) is 1. The summed E-state index contributed by atoms with van der Waals surface area (Å²) in [5.41, 5.74) is 0. The Balaban J connectivity index is 2.30. The lowest BCUT2D eigenvalue weighted by atomic mass is 10.1. The molecule has 1 fully saturated rings. The van der Waals surface area contributed by atoms with E-state index in [0.29, 0.717) is 5.92 Å². The first-order valence-corrected chi connectivity index (χ1v) is 4.21. The summed E-state index contributed by atoms with van der Waals surface area (Å²) in [6, 6.07) is 0. The maximum Gasteiger partial charge on any atom is 0.409 e. The molecule has 0 aromatic heterocycles. The van der Waals surface area contributed by atoms with E-state index in [1.165, 1.54) is 7.11 Å². The molecule has 0 aromatic carbocycles. The van der Waals surface area contributed by atoms with Gasteiger partial charge in [-0.05, 0) is 18.8 Å². The normalized spacial score (nSPS) is 22.8. The number of aliphatic hydroxyl groups excluding tert-OH is 1. The van der Waals surface area contributed by atoms with Crippen LogP contribution in [0.15, 0.2) is 0 Å². The van der Waals surface area contributed by atoms with Crippen LogP contribution in [-0.4, -0.2) is 42.9 Å². The first-order valence-electron chi connectivity index (χ1n) is 4.21. The first kappa shape index (κ1) is 9.32.